The lowest BCUT2D eigenvalue weighted by Crippen LogP contribution is -2.65. The van der Waals surface area contributed by atoms with Gasteiger partial charge in [-0.05, 0) is 61.5 Å². The van der Waals surface area contributed by atoms with Crippen molar-refractivity contribution in [3.8, 4) is 0 Å². The van der Waals surface area contributed by atoms with Gasteiger partial charge in [-0.2, -0.15) is 0 Å². The number of hydrogen-bond donors (Lipinski definition) is 2. The maximum atomic E-state index is 13.6. The fourth-order valence-corrected chi connectivity index (χ4v) is 6.85. The lowest BCUT2D eigenvalue weighted by molar-refractivity contribution is -0.199. The third-order valence-corrected chi connectivity index (χ3v) is 9.18. The van der Waals surface area contributed by atoms with Gasteiger partial charge >= 0.3 is 7.12 Å². The largest absolute Gasteiger partial charge is 0.482 e. The number of hydrogen-bond acceptors (Lipinski definition) is 4. The van der Waals surface area contributed by atoms with Crippen LogP contribution in [0.5, 0.6) is 0 Å². The maximum Gasteiger partial charge on any atom is 0.482 e. The number of carbonyl (C=O) groups is 2. The SMILES string of the molecule is CC(=O)N[C@@H](Cc1ccccc1)C(=O)N[C@@H](Cc1ccc(C)cc1)B1OC2C[C@@H]3C[C@@H](C3(C)C)[C@]2(C)O1. The summed E-state index contributed by atoms with van der Waals surface area (Å²) in [6.45, 7) is 10.4. The quantitative estimate of drug-likeness (QED) is 0.535. The van der Waals surface area contributed by atoms with E-state index in [2.05, 4.69) is 62.6 Å². The Labute approximate surface area is 221 Å². The minimum Gasteiger partial charge on any atom is -0.404 e. The Balaban J connectivity index is 1.37. The number of aryl methyl sites for hydroxylation is 1. The van der Waals surface area contributed by atoms with Gasteiger partial charge in [0.2, 0.25) is 11.8 Å². The van der Waals surface area contributed by atoms with E-state index < -0.39 is 13.2 Å². The predicted octanol–water partition coefficient (Wildman–Crippen LogP) is 4.04. The van der Waals surface area contributed by atoms with E-state index in [9.17, 15) is 9.59 Å². The van der Waals surface area contributed by atoms with Crippen molar-refractivity contribution < 1.29 is 18.9 Å². The molecule has 2 aromatic rings. The molecular formula is C30H39BN2O4. The van der Waals surface area contributed by atoms with Gasteiger partial charge in [0, 0.05) is 13.3 Å². The van der Waals surface area contributed by atoms with E-state index in [4.69, 9.17) is 9.31 Å². The average molecular weight is 502 g/mol. The van der Waals surface area contributed by atoms with Crippen molar-refractivity contribution in [2.75, 3.05) is 0 Å². The molecule has 1 saturated heterocycles. The molecule has 0 aromatic heterocycles. The predicted molar refractivity (Wildman–Crippen MR) is 145 cm³/mol. The summed E-state index contributed by atoms with van der Waals surface area (Å²) in [4.78, 5) is 25.6. The number of benzene rings is 2. The molecule has 2 amide bonds. The summed E-state index contributed by atoms with van der Waals surface area (Å²) >= 11 is 0. The highest BCUT2D eigenvalue weighted by molar-refractivity contribution is 6.48. The van der Waals surface area contributed by atoms with Crippen molar-refractivity contribution in [1.82, 2.24) is 10.6 Å². The number of rotatable bonds is 8. The van der Waals surface area contributed by atoms with Crippen molar-refractivity contribution in [3.05, 3.63) is 71.3 Å². The van der Waals surface area contributed by atoms with Gasteiger partial charge in [0.1, 0.15) is 6.04 Å². The average Bonchev–Trinajstić information content (AvgIpc) is 3.22. The number of carbonyl (C=O) groups excluding carboxylic acids is 2. The van der Waals surface area contributed by atoms with Crippen LogP contribution in [0.2, 0.25) is 0 Å². The molecule has 6 rings (SSSR count). The van der Waals surface area contributed by atoms with E-state index in [0.29, 0.717) is 24.7 Å². The van der Waals surface area contributed by atoms with Crippen molar-refractivity contribution in [1.29, 1.82) is 0 Å². The smallest absolute Gasteiger partial charge is 0.404 e. The van der Waals surface area contributed by atoms with Crippen molar-refractivity contribution >= 4 is 18.9 Å². The summed E-state index contributed by atoms with van der Waals surface area (Å²) in [6, 6.07) is 17.4. The van der Waals surface area contributed by atoms with Crippen LogP contribution in [-0.2, 0) is 31.7 Å². The first kappa shape index (κ1) is 26.0. The van der Waals surface area contributed by atoms with Crippen LogP contribution in [0.15, 0.2) is 54.6 Å². The van der Waals surface area contributed by atoms with E-state index in [1.807, 2.05) is 30.3 Å². The Bertz CT molecular complexity index is 1140. The molecule has 1 heterocycles. The molecule has 1 aliphatic heterocycles. The number of nitrogens with one attached hydrogen (secondary N) is 2. The molecule has 0 radical (unpaired) electrons. The van der Waals surface area contributed by atoms with Crippen molar-refractivity contribution in [3.63, 3.8) is 0 Å². The zero-order chi connectivity index (χ0) is 26.4. The zero-order valence-electron chi connectivity index (χ0n) is 22.6. The molecule has 3 saturated carbocycles. The molecule has 1 unspecified atom stereocenters. The number of amides is 2. The molecular weight excluding hydrogens is 463 g/mol. The molecule has 2 bridgehead atoms. The molecule has 0 spiro atoms. The van der Waals surface area contributed by atoms with E-state index in [-0.39, 0.29) is 34.9 Å². The molecule has 196 valence electrons. The Kier molecular flexibility index (Phi) is 6.97. The van der Waals surface area contributed by atoms with Crippen LogP contribution < -0.4 is 10.6 Å². The van der Waals surface area contributed by atoms with Gasteiger partial charge in [-0.1, -0.05) is 74.0 Å². The van der Waals surface area contributed by atoms with Gasteiger partial charge in [-0.3, -0.25) is 9.59 Å². The van der Waals surface area contributed by atoms with Crippen LogP contribution >= 0.6 is 0 Å². The van der Waals surface area contributed by atoms with Crippen LogP contribution in [0.3, 0.4) is 0 Å². The molecule has 6 atom stereocenters. The van der Waals surface area contributed by atoms with Gasteiger partial charge in [-0.25, -0.2) is 0 Å². The Morgan fingerprint density at radius 1 is 0.973 bits per heavy atom. The maximum absolute atomic E-state index is 13.6. The van der Waals surface area contributed by atoms with Gasteiger partial charge in [-0.15, -0.1) is 0 Å². The highest BCUT2D eigenvalue weighted by Gasteiger charge is 2.68. The second kappa shape index (κ2) is 9.92. The summed E-state index contributed by atoms with van der Waals surface area (Å²) in [5, 5.41) is 6.06. The van der Waals surface area contributed by atoms with Gasteiger partial charge < -0.3 is 19.9 Å². The molecule has 37 heavy (non-hydrogen) atoms. The van der Waals surface area contributed by atoms with Gasteiger partial charge in [0.05, 0.1) is 17.6 Å². The van der Waals surface area contributed by atoms with Crippen molar-refractivity contribution in [2.45, 2.75) is 84.0 Å². The molecule has 7 heteroatoms. The van der Waals surface area contributed by atoms with E-state index >= 15 is 0 Å². The minimum atomic E-state index is -0.688. The molecule has 6 nitrogen and oxygen atoms in total. The van der Waals surface area contributed by atoms with Crippen molar-refractivity contribution in [2.24, 2.45) is 17.3 Å². The van der Waals surface area contributed by atoms with Crippen LogP contribution in [0, 0.1) is 24.2 Å². The third kappa shape index (κ3) is 5.08. The van der Waals surface area contributed by atoms with Gasteiger partial charge in [0.25, 0.3) is 0 Å². The summed E-state index contributed by atoms with van der Waals surface area (Å²) < 4.78 is 13.3. The standard InChI is InChI=1S/C30H39BN2O4/c1-19-11-13-22(14-12-19)16-27(31-36-26-18-23-17-25(29(23,3)4)30(26,5)37-31)33-28(35)24(32-20(2)34)15-21-9-7-6-8-10-21/h6-14,23-27H,15-18H2,1-5H3,(H,32,34)(H,33,35)/t23-,24-,25-,26?,27-,30-/m0/s1. The topological polar surface area (TPSA) is 76.7 Å². The highest BCUT2D eigenvalue weighted by Crippen LogP contribution is 2.65. The molecule has 2 N–H and O–H groups in total. The molecule has 2 aromatic carbocycles. The first-order valence-corrected chi connectivity index (χ1v) is 13.6. The third-order valence-electron chi connectivity index (χ3n) is 9.18. The zero-order valence-corrected chi connectivity index (χ0v) is 22.6. The van der Waals surface area contributed by atoms with E-state index in [1.165, 1.54) is 18.9 Å². The van der Waals surface area contributed by atoms with Crippen LogP contribution in [0.1, 0.15) is 57.2 Å². The Hall–Kier alpha value is -2.64. The monoisotopic (exact) mass is 502 g/mol. The van der Waals surface area contributed by atoms with Gasteiger partial charge in [0.15, 0.2) is 0 Å². The van der Waals surface area contributed by atoms with E-state index in [0.717, 1.165) is 17.5 Å². The second-order valence-corrected chi connectivity index (χ2v) is 12.1. The Morgan fingerprint density at radius 2 is 1.65 bits per heavy atom. The minimum absolute atomic E-state index is 0.0298. The molecule has 4 fully saturated rings. The van der Waals surface area contributed by atoms with Crippen LogP contribution in [0.25, 0.3) is 0 Å². The van der Waals surface area contributed by atoms with Crippen LogP contribution in [0.4, 0.5) is 0 Å². The lowest BCUT2D eigenvalue weighted by atomic mass is 9.43. The summed E-state index contributed by atoms with van der Waals surface area (Å²) in [7, 11) is -0.551. The first-order chi connectivity index (χ1) is 17.6. The fraction of sp³-hybridized carbons (Fsp3) is 0.533. The second-order valence-electron chi connectivity index (χ2n) is 12.1. The van der Waals surface area contributed by atoms with E-state index in [1.54, 1.807) is 0 Å². The molecule has 3 aliphatic carbocycles. The summed E-state index contributed by atoms with van der Waals surface area (Å²) in [6.07, 6.45) is 3.18. The van der Waals surface area contributed by atoms with Crippen LogP contribution in [-0.4, -0.2) is 42.6 Å². The summed E-state index contributed by atoms with van der Waals surface area (Å²) in [5.41, 5.74) is 3.16. The first-order valence-electron chi connectivity index (χ1n) is 13.6. The lowest BCUT2D eigenvalue weighted by Gasteiger charge is -2.64. The summed E-state index contributed by atoms with van der Waals surface area (Å²) in [5.74, 6) is 0.242. The Morgan fingerprint density at radius 3 is 2.30 bits per heavy atom. The highest BCUT2D eigenvalue weighted by atomic mass is 16.7. The normalized spacial score (nSPS) is 29.0. The molecule has 4 aliphatic rings. The fourth-order valence-electron chi connectivity index (χ4n) is 6.85.